The van der Waals surface area contributed by atoms with Crippen LogP contribution in [0, 0.1) is 0 Å². The molecule has 1 saturated heterocycles. The van der Waals surface area contributed by atoms with Crippen LogP contribution in [-0.2, 0) is 14.8 Å². The van der Waals surface area contributed by atoms with E-state index in [4.69, 9.17) is 0 Å². The Morgan fingerprint density at radius 1 is 1.00 bits per heavy atom. The summed E-state index contributed by atoms with van der Waals surface area (Å²) in [6.07, 6.45) is 9.56. The van der Waals surface area contributed by atoms with Crippen LogP contribution in [0.15, 0.2) is 109 Å². The van der Waals surface area contributed by atoms with Gasteiger partial charge >= 0.3 is 0 Å². The van der Waals surface area contributed by atoms with Gasteiger partial charge in [0.2, 0.25) is 5.91 Å². The zero-order valence-corrected chi connectivity index (χ0v) is 27.5. The number of piperidine rings is 1. The van der Waals surface area contributed by atoms with Gasteiger partial charge in [-0.05, 0) is 75.5 Å². The van der Waals surface area contributed by atoms with Crippen LogP contribution in [0.25, 0.3) is 22.3 Å². The Labute approximate surface area is 279 Å². The monoisotopic (exact) mass is 664 g/mol. The summed E-state index contributed by atoms with van der Waals surface area (Å²) in [6.45, 7) is 1.82. The molecule has 5 aromatic rings. The van der Waals surface area contributed by atoms with E-state index < -0.39 is 10.0 Å². The number of hydrogen-bond donors (Lipinski definition) is 2. The first-order valence-electron chi connectivity index (χ1n) is 15.6. The van der Waals surface area contributed by atoms with Crippen LogP contribution in [-0.4, -0.2) is 88.7 Å². The molecule has 0 saturated carbocycles. The second kappa shape index (κ2) is 14.2. The van der Waals surface area contributed by atoms with Crippen LogP contribution >= 0.6 is 0 Å². The molecule has 1 atom stereocenters. The van der Waals surface area contributed by atoms with Crippen molar-refractivity contribution < 1.29 is 18.0 Å². The Morgan fingerprint density at radius 3 is 2.56 bits per heavy atom. The Balaban J connectivity index is 1.10. The van der Waals surface area contributed by atoms with E-state index in [0.29, 0.717) is 59.0 Å². The Morgan fingerprint density at radius 2 is 1.79 bits per heavy atom. The number of rotatable bonds is 10. The third kappa shape index (κ3) is 7.42. The lowest BCUT2D eigenvalue weighted by molar-refractivity contribution is -0.111. The average molecular weight is 665 g/mol. The first-order chi connectivity index (χ1) is 23.2. The van der Waals surface area contributed by atoms with Crippen LogP contribution in [0.5, 0.6) is 0 Å². The van der Waals surface area contributed by atoms with Crippen molar-refractivity contribution in [2.75, 3.05) is 44.4 Å². The lowest BCUT2D eigenvalue weighted by atomic mass is 10.0. The number of fused-ring (bicyclic) bond motifs is 1. The molecule has 3 aromatic heterocycles. The molecule has 4 heterocycles. The maximum absolute atomic E-state index is 13.4. The first-order valence-corrected chi connectivity index (χ1v) is 17.0. The number of nitrogens with zero attached hydrogens (tertiary/aromatic N) is 6. The van der Waals surface area contributed by atoms with Gasteiger partial charge in [0.1, 0.15) is 12.1 Å². The lowest BCUT2D eigenvalue weighted by Crippen LogP contribution is -2.45. The minimum absolute atomic E-state index is 0.0178. The van der Waals surface area contributed by atoms with E-state index in [0.717, 1.165) is 12.8 Å². The van der Waals surface area contributed by atoms with Gasteiger partial charge in [0, 0.05) is 72.4 Å². The molecule has 13 heteroatoms. The van der Waals surface area contributed by atoms with Crippen LogP contribution < -0.4 is 10.6 Å². The molecule has 0 aliphatic carbocycles. The molecule has 2 N–H and O–H groups in total. The molecule has 2 amide bonds. The zero-order chi connectivity index (χ0) is 33.7. The van der Waals surface area contributed by atoms with Gasteiger partial charge in [-0.1, -0.05) is 24.3 Å². The standard InChI is InChI=1S/C35H36N8O4S/c1-41(2)17-7-11-33(44)40-28-14-12-25(13-15-28)35(45)42-18-6-8-29(23-42)39-32-21-31(37-24-38-32)27-20-26-16-19-43(34(26)36-22-27)48(46,47)30-9-4-3-5-10-30/h3-5,7,9-16,19-22,24,29H,6,8,17-18,23H2,1-2H3,(H,40,44)(H,37,38,39). The number of benzene rings is 2. The molecule has 0 radical (unpaired) electrons. The quantitative estimate of drug-likeness (QED) is 0.206. The third-order valence-electron chi connectivity index (χ3n) is 7.96. The van der Waals surface area contributed by atoms with Gasteiger partial charge in [-0.2, -0.15) is 0 Å². The molecule has 2 aromatic carbocycles. The summed E-state index contributed by atoms with van der Waals surface area (Å²) in [7, 11) is 0.0642. The Bertz CT molecular complexity index is 2060. The maximum atomic E-state index is 13.4. The molecule has 12 nitrogen and oxygen atoms in total. The van der Waals surface area contributed by atoms with Crippen LogP contribution in [0.2, 0.25) is 0 Å². The number of nitrogens with one attached hydrogen (secondary N) is 2. The molecule has 1 fully saturated rings. The summed E-state index contributed by atoms with van der Waals surface area (Å²) in [6, 6.07) is 20.5. The van der Waals surface area contributed by atoms with Crippen molar-refractivity contribution >= 4 is 44.4 Å². The number of likely N-dealkylation sites (tertiary alicyclic amines) is 1. The third-order valence-corrected chi connectivity index (χ3v) is 9.64. The highest BCUT2D eigenvalue weighted by Gasteiger charge is 2.25. The number of amides is 2. The fourth-order valence-electron chi connectivity index (χ4n) is 5.56. The number of anilines is 2. The van der Waals surface area contributed by atoms with E-state index in [2.05, 4.69) is 25.6 Å². The van der Waals surface area contributed by atoms with Crippen molar-refractivity contribution in [3.63, 3.8) is 0 Å². The van der Waals surface area contributed by atoms with E-state index in [9.17, 15) is 18.0 Å². The van der Waals surface area contributed by atoms with Gasteiger partial charge < -0.3 is 20.4 Å². The Hall–Kier alpha value is -5.40. The van der Waals surface area contributed by atoms with E-state index in [1.54, 1.807) is 72.9 Å². The topological polar surface area (TPSA) is 142 Å². The van der Waals surface area contributed by atoms with Crippen molar-refractivity contribution in [2.45, 2.75) is 23.8 Å². The summed E-state index contributed by atoms with van der Waals surface area (Å²) in [4.78, 5) is 42.8. The summed E-state index contributed by atoms with van der Waals surface area (Å²) in [5.74, 6) is 0.316. The molecule has 1 unspecified atom stereocenters. The smallest absolute Gasteiger partial charge is 0.269 e. The highest BCUT2D eigenvalue weighted by Crippen LogP contribution is 2.26. The summed E-state index contributed by atoms with van der Waals surface area (Å²) < 4.78 is 27.6. The van der Waals surface area contributed by atoms with Gasteiger partial charge in [-0.25, -0.2) is 27.3 Å². The molecule has 6 rings (SSSR count). The average Bonchev–Trinajstić information content (AvgIpc) is 3.53. The summed E-state index contributed by atoms with van der Waals surface area (Å²) in [5.41, 5.74) is 2.84. The van der Waals surface area contributed by atoms with Crippen molar-refractivity contribution in [2.24, 2.45) is 0 Å². The molecular weight excluding hydrogens is 629 g/mol. The Kier molecular flexibility index (Phi) is 9.60. The normalized spacial score (nSPS) is 15.2. The predicted molar refractivity (Wildman–Crippen MR) is 185 cm³/mol. The second-order valence-corrected chi connectivity index (χ2v) is 13.6. The molecule has 1 aliphatic rings. The number of carbonyl (C=O) groups is 2. The largest absolute Gasteiger partial charge is 0.365 e. The van der Waals surface area contributed by atoms with Crippen LogP contribution in [0.4, 0.5) is 11.5 Å². The van der Waals surface area contributed by atoms with Crippen LogP contribution in [0.1, 0.15) is 23.2 Å². The number of aromatic nitrogens is 4. The molecule has 0 bridgehead atoms. The fraction of sp³-hybridized carbons (Fsp3) is 0.229. The van der Waals surface area contributed by atoms with Gasteiger partial charge in [-0.15, -0.1) is 0 Å². The molecule has 0 spiro atoms. The summed E-state index contributed by atoms with van der Waals surface area (Å²) >= 11 is 0. The first kappa shape index (κ1) is 32.5. The lowest BCUT2D eigenvalue weighted by Gasteiger charge is -2.33. The maximum Gasteiger partial charge on any atom is 0.269 e. The van der Waals surface area contributed by atoms with Crippen molar-refractivity contribution in [3.05, 3.63) is 109 Å². The summed E-state index contributed by atoms with van der Waals surface area (Å²) in [5, 5.41) is 6.93. The van der Waals surface area contributed by atoms with Crippen LogP contribution in [0.3, 0.4) is 0 Å². The van der Waals surface area contributed by atoms with Crippen molar-refractivity contribution in [3.8, 4) is 11.3 Å². The second-order valence-electron chi connectivity index (χ2n) is 11.8. The SMILES string of the molecule is CN(C)CC=CC(=O)Nc1ccc(C(=O)N2CCCC(Nc3cc(-c4cnc5c(ccn5S(=O)(=O)c5ccccc5)c4)ncn3)C2)cc1. The molecule has 1 aliphatic heterocycles. The van der Waals surface area contributed by atoms with Crippen molar-refractivity contribution in [1.29, 1.82) is 0 Å². The number of carbonyl (C=O) groups excluding carboxylic acids is 2. The van der Waals surface area contributed by atoms with Gasteiger partial charge in [0.15, 0.2) is 5.65 Å². The number of hydrogen-bond acceptors (Lipinski definition) is 9. The molecular formula is C35H36N8O4S. The minimum atomic E-state index is -3.79. The predicted octanol–water partition coefficient (Wildman–Crippen LogP) is 4.50. The fourth-order valence-corrected chi connectivity index (χ4v) is 6.89. The van der Waals surface area contributed by atoms with Gasteiger partial charge in [0.25, 0.3) is 15.9 Å². The van der Waals surface area contributed by atoms with E-state index in [1.165, 1.54) is 22.6 Å². The highest BCUT2D eigenvalue weighted by molar-refractivity contribution is 7.90. The minimum Gasteiger partial charge on any atom is -0.365 e. The molecule has 246 valence electrons. The number of pyridine rings is 1. The molecule has 48 heavy (non-hydrogen) atoms. The highest BCUT2D eigenvalue weighted by atomic mass is 32.2. The number of likely N-dealkylation sites (N-methyl/N-ethyl adjacent to an activating group) is 1. The van der Waals surface area contributed by atoms with E-state index >= 15 is 0 Å². The van der Waals surface area contributed by atoms with E-state index in [-0.39, 0.29) is 22.8 Å². The zero-order valence-electron chi connectivity index (χ0n) is 26.7. The van der Waals surface area contributed by atoms with Gasteiger partial charge in [0.05, 0.1) is 10.6 Å². The van der Waals surface area contributed by atoms with Gasteiger partial charge in [-0.3, -0.25) is 9.59 Å². The van der Waals surface area contributed by atoms with Crippen molar-refractivity contribution in [1.82, 2.24) is 28.7 Å². The van der Waals surface area contributed by atoms with E-state index in [1.807, 2.05) is 36.0 Å².